The van der Waals surface area contributed by atoms with Gasteiger partial charge < -0.3 is 4.74 Å². The SMILES string of the molecule is N#Cc1cc(C=O)ccc1Oc1cncc(Cl)c1. The summed E-state index contributed by atoms with van der Waals surface area (Å²) in [7, 11) is 0. The fraction of sp³-hybridized carbons (Fsp3) is 0. The quantitative estimate of drug-likeness (QED) is 0.793. The topological polar surface area (TPSA) is 63.0 Å². The largest absolute Gasteiger partial charge is 0.454 e. The van der Waals surface area contributed by atoms with E-state index < -0.39 is 0 Å². The Balaban J connectivity index is 2.35. The third-order valence-electron chi connectivity index (χ3n) is 2.17. The van der Waals surface area contributed by atoms with Crippen LogP contribution in [0.4, 0.5) is 0 Å². The highest BCUT2D eigenvalue weighted by molar-refractivity contribution is 6.30. The second-order valence-corrected chi connectivity index (χ2v) is 3.86. The van der Waals surface area contributed by atoms with Gasteiger partial charge in [0.1, 0.15) is 23.9 Å². The minimum Gasteiger partial charge on any atom is -0.454 e. The Morgan fingerprint density at radius 2 is 2.17 bits per heavy atom. The third-order valence-corrected chi connectivity index (χ3v) is 2.37. The highest BCUT2D eigenvalue weighted by atomic mass is 35.5. The molecular formula is C13H7ClN2O2. The molecule has 2 rings (SSSR count). The first-order chi connectivity index (χ1) is 8.72. The Hall–Kier alpha value is -2.38. The van der Waals surface area contributed by atoms with Crippen molar-refractivity contribution in [2.45, 2.75) is 0 Å². The number of pyridine rings is 1. The Labute approximate surface area is 108 Å². The average Bonchev–Trinajstić information content (AvgIpc) is 2.39. The molecule has 0 bridgehead atoms. The summed E-state index contributed by atoms with van der Waals surface area (Å²) in [5.74, 6) is 0.782. The monoisotopic (exact) mass is 258 g/mol. The molecule has 5 heteroatoms. The van der Waals surface area contributed by atoms with Gasteiger partial charge in [0, 0.05) is 17.8 Å². The molecule has 18 heavy (non-hydrogen) atoms. The van der Waals surface area contributed by atoms with E-state index in [0.29, 0.717) is 28.4 Å². The van der Waals surface area contributed by atoms with Crippen LogP contribution in [-0.4, -0.2) is 11.3 Å². The molecule has 0 amide bonds. The maximum Gasteiger partial charge on any atom is 0.150 e. The Bertz CT molecular complexity index is 635. The Kier molecular flexibility index (Phi) is 3.56. The van der Waals surface area contributed by atoms with E-state index in [1.807, 2.05) is 6.07 Å². The number of aromatic nitrogens is 1. The minimum absolute atomic E-state index is 0.277. The third kappa shape index (κ3) is 2.65. The lowest BCUT2D eigenvalue weighted by Crippen LogP contribution is -1.91. The minimum atomic E-state index is 0.277. The molecule has 1 aromatic carbocycles. The summed E-state index contributed by atoms with van der Waals surface area (Å²) in [6.45, 7) is 0. The van der Waals surface area contributed by atoms with Gasteiger partial charge in [-0.2, -0.15) is 5.26 Å². The smallest absolute Gasteiger partial charge is 0.150 e. The zero-order chi connectivity index (χ0) is 13.0. The summed E-state index contributed by atoms with van der Waals surface area (Å²) < 4.78 is 5.50. The van der Waals surface area contributed by atoms with Crippen molar-refractivity contribution >= 4 is 17.9 Å². The molecule has 0 aliphatic rings. The van der Waals surface area contributed by atoms with Gasteiger partial charge in [0.2, 0.25) is 0 Å². The molecule has 1 aromatic heterocycles. The van der Waals surface area contributed by atoms with Crippen molar-refractivity contribution in [2.24, 2.45) is 0 Å². The molecule has 2 aromatic rings. The fourth-order valence-corrected chi connectivity index (χ4v) is 1.54. The zero-order valence-corrected chi connectivity index (χ0v) is 9.89. The predicted octanol–water partition coefficient (Wildman–Crippen LogP) is 3.21. The second kappa shape index (κ2) is 5.30. The summed E-state index contributed by atoms with van der Waals surface area (Å²) in [6.07, 6.45) is 3.64. The molecule has 0 spiro atoms. The standard InChI is InChI=1S/C13H7ClN2O2/c14-11-4-12(7-16-6-11)18-13-2-1-9(8-17)3-10(13)5-15/h1-4,6-8H. The highest BCUT2D eigenvalue weighted by Gasteiger charge is 2.06. The summed E-state index contributed by atoms with van der Waals surface area (Å²) >= 11 is 5.78. The van der Waals surface area contributed by atoms with E-state index in [9.17, 15) is 4.79 Å². The van der Waals surface area contributed by atoms with Crippen LogP contribution in [0, 0.1) is 11.3 Å². The van der Waals surface area contributed by atoms with Gasteiger partial charge in [-0.3, -0.25) is 9.78 Å². The van der Waals surface area contributed by atoms with Gasteiger partial charge in [-0.05, 0) is 18.2 Å². The van der Waals surface area contributed by atoms with Gasteiger partial charge in [0.25, 0.3) is 0 Å². The first-order valence-electron chi connectivity index (χ1n) is 5.00. The summed E-state index contributed by atoms with van der Waals surface area (Å²) in [5.41, 5.74) is 0.697. The van der Waals surface area contributed by atoms with E-state index in [0.717, 1.165) is 0 Å². The van der Waals surface area contributed by atoms with Crippen molar-refractivity contribution in [3.05, 3.63) is 52.8 Å². The fourth-order valence-electron chi connectivity index (χ4n) is 1.37. The summed E-state index contributed by atoms with van der Waals surface area (Å²) in [6, 6.07) is 8.14. The molecule has 0 aliphatic carbocycles. The van der Waals surface area contributed by atoms with E-state index in [4.69, 9.17) is 21.6 Å². The van der Waals surface area contributed by atoms with Gasteiger partial charge in [-0.1, -0.05) is 11.6 Å². The van der Waals surface area contributed by atoms with E-state index in [1.165, 1.54) is 18.5 Å². The lowest BCUT2D eigenvalue weighted by atomic mass is 10.1. The van der Waals surface area contributed by atoms with Crippen LogP contribution < -0.4 is 4.74 Å². The maximum atomic E-state index is 10.6. The van der Waals surface area contributed by atoms with Crippen molar-refractivity contribution in [3.63, 3.8) is 0 Å². The van der Waals surface area contributed by atoms with Crippen LogP contribution in [0.15, 0.2) is 36.7 Å². The predicted molar refractivity (Wildman–Crippen MR) is 65.9 cm³/mol. The first-order valence-corrected chi connectivity index (χ1v) is 5.38. The van der Waals surface area contributed by atoms with Crippen molar-refractivity contribution in [3.8, 4) is 17.6 Å². The maximum absolute atomic E-state index is 10.6. The normalized spacial score (nSPS) is 9.56. The highest BCUT2D eigenvalue weighted by Crippen LogP contribution is 2.26. The second-order valence-electron chi connectivity index (χ2n) is 3.43. The van der Waals surface area contributed by atoms with Crippen molar-refractivity contribution < 1.29 is 9.53 Å². The average molecular weight is 259 g/mol. The lowest BCUT2D eigenvalue weighted by molar-refractivity contribution is 0.112. The number of ether oxygens (including phenoxy) is 1. The number of carbonyl (C=O) groups excluding carboxylic acids is 1. The van der Waals surface area contributed by atoms with E-state index in [1.54, 1.807) is 18.2 Å². The van der Waals surface area contributed by atoms with Crippen LogP contribution in [0.1, 0.15) is 15.9 Å². The van der Waals surface area contributed by atoms with Gasteiger partial charge in [-0.15, -0.1) is 0 Å². The number of aldehydes is 1. The van der Waals surface area contributed by atoms with Crippen LogP contribution >= 0.6 is 11.6 Å². The van der Waals surface area contributed by atoms with E-state index >= 15 is 0 Å². The number of hydrogen-bond acceptors (Lipinski definition) is 4. The van der Waals surface area contributed by atoms with Crippen molar-refractivity contribution in [1.29, 1.82) is 5.26 Å². The Morgan fingerprint density at radius 1 is 1.33 bits per heavy atom. The molecule has 0 fully saturated rings. The number of carbonyl (C=O) groups is 1. The molecule has 0 radical (unpaired) electrons. The number of nitriles is 1. The van der Waals surface area contributed by atoms with Crippen LogP contribution in [0.5, 0.6) is 11.5 Å². The van der Waals surface area contributed by atoms with Gasteiger partial charge in [0.15, 0.2) is 0 Å². The molecule has 1 heterocycles. The van der Waals surface area contributed by atoms with E-state index in [-0.39, 0.29) is 5.56 Å². The van der Waals surface area contributed by atoms with E-state index in [2.05, 4.69) is 4.98 Å². The molecule has 0 atom stereocenters. The van der Waals surface area contributed by atoms with Crippen molar-refractivity contribution in [1.82, 2.24) is 4.98 Å². The summed E-state index contributed by atoms with van der Waals surface area (Å²) in [5, 5.41) is 9.42. The Morgan fingerprint density at radius 3 is 2.83 bits per heavy atom. The molecule has 0 saturated heterocycles. The van der Waals surface area contributed by atoms with Gasteiger partial charge >= 0.3 is 0 Å². The van der Waals surface area contributed by atoms with Crippen LogP contribution in [0.3, 0.4) is 0 Å². The first kappa shape index (κ1) is 12.1. The number of halogens is 1. The van der Waals surface area contributed by atoms with Crippen LogP contribution in [0.25, 0.3) is 0 Å². The van der Waals surface area contributed by atoms with Crippen LogP contribution in [0.2, 0.25) is 5.02 Å². The molecule has 0 saturated carbocycles. The van der Waals surface area contributed by atoms with Crippen molar-refractivity contribution in [2.75, 3.05) is 0 Å². The molecular weight excluding hydrogens is 252 g/mol. The van der Waals surface area contributed by atoms with Crippen LogP contribution in [-0.2, 0) is 0 Å². The lowest BCUT2D eigenvalue weighted by Gasteiger charge is -2.07. The number of benzene rings is 1. The molecule has 4 nitrogen and oxygen atoms in total. The molecule has 0 N–H and O–H groups in total. The van der Waals surface area contributed by atoms with Gasteiger partial charge in [-0.25, -0.2) is 0 Å². The number of nitrogens with zero attached hydrogens (tertiary/aromatic N) is 2. The number of hydrogen-bond donors (Lipinski definition) is 0. The van der Waals surface area contributed by atoms with Gasteiger partial charge in [0.05, 0.1) is 16.8 Å². The molecule has 0 aliphatic heterocycles. The molecule has 88 valence electrons. The number of rotatable bonds is 3. The molecule has 0 unspecified atom stereocenters. The summed E-state index contributed by atoms with van der Waals surface area (Å²) in [4.78, 5) is 14.5. The zero-order valence-electron chi connectivity index (χ0n) is 9.13.